The maximum absolute atomic E-state index is 5.11. The summed E-state index contributed by atoms with van der Waals surface area (Å²) in [5, 5.41) is 0. The molecule has 0 N–H and O–H groups in total. The molecule has 0 amide bonds. The third-order valence-electron chi connectivity index (χ3n) is 2.44. The molecule has 88 valence electrons. The smallest absolute Gasteiger partial charge is 0.119 e. The van der Waals surface area contributed by atoms with Gasteiger partial charge in [-0.3, -0.25) is 4.99 Å². The van der Waals surface area contributed by atoms with Crippen LogP contribution in [0.2, 0.25) is 0 Å². The van der Waals surface area contributed by atoms with Gasteiger partial charge in [-0.25, -0.2) is 0 Å². The number of amidine groups is 1. The monoisotopic (exact) mass is 220 g/mol. The highest BCUT2D eigenvalue weighted by atomic mass is 16.5. The van der Waals surface area contributed by atoms with Crippen molar-refractivity contribution in [2.45, 2.75) is 20.8 Å². The third kappa shape index (κ3) is 2.75. The van der Waals surface area contributed by atoms with Gasteiger partial charge in [-0.1, -0.05) is 13.8 Å². The molecule has 0 aromatic heterocycles. The zero-order valence-electron chi connectivity index (χ0n) is 10.5. The van der Waals surface area contributed by atoms with E-state index >= 15 is 0 Å². The Bertz CT molecular complexity index is 343. The predicted molar refractivity (Wildman–Crippen MR) is 69.7 cm³/mol. The Labute approximate surface area is 97.8 Å². The Morgan fingerprint density at radius 3 is 2.25 bits per heavy atom. The third-order valence-corrected chi connectivity index (χ3v) is 2.44. The molecule has 3 nitrogen and oxygen atoms in total. The largest absolute Gasteiger partial charge is 0.497 e. The zero-order chi connectivity index (χ0) is 12.0. The van der Waals surface area contributed by atoms with Gasteiger partial charge in [-0.05, 0) is 31.2 Å². The summed E-state index contributed by atoms with van der Waals surface area (Å²) in [5.41, 5.74) is 1.18. The molecular formula is C13H20N2O. The lowest BCUT2D eigenvalue weighted by Gasteiger charge is -2.18. The van der Waals surface area contributed by atoms with Crippen molar-refractivity contribution < 1.29 is 4.74 Å². The van der Waals surface area contributed by atoms with Crippen molar-refractivity contribution in [3.63, 3.8) is 0 Å². The first-order valence-electron chi connectivity index (χ1n) is 5.74. The molecule has 0 fully saturated rings. The van der Waals surface area contributed by atoms with Crippen molar-refractivity contribution in [2.75, 3.05) is 25.1 Å². The second-order valence-electron chi connectivity index (χ2n) is 3.28. The van der Waals surface area contributed by atoms with E-state index in [0.29, 0.717) is 0 Å². The van der Waals surface area contributed by atoms with Crippen LogP contribution < -0.4 is 9.64 Å². The number of nitrogens with zero attached hydrogens (tertiary/aromatic N) is 2. The topological polar surface area (TPSA) is 24.8 Å². The number of ether oxygens (including phenoxy) is 1. The minimum Gasteiger partial charge on any atom is -0.497 e. The lowest BCUT2D eigenvalue weighted by atomic mass is 10.2. The normalized spacial score (nSPS) is 14.0. The number of benzene rings is 1. The van der Waals surface area contributed by atoms with E-state index in [-0.39, 0.29) is 0 Å². The van der Waals surface area contributed by atoms with E-state index in [1.165, 1.54) is 5.69 Å². The predicted octanol–water partition coefficient (Wildman–Crippen LogP) is 2.96. The fourth-order valence-corrected chi connectivity index (χ4v) is 1.64. The Morgan fingerprint density at radius 1 is 1.19 bits per heavy atom. The van der Waals surface area contributed by atoms with Crippen LogP contribution in [0.3, 0.4) is 0 Å². The van der Waals surface area contributed by atoms with E-state index in [2.05, 4.69) is 22.0 Å². The molecule has 1 aromatic carbocycles. The quantitative estimate of drug-likeness (QED) is 0.765. The van der Waals surface area contributed by atoms with Crippen molar-refractivity contribution in [3.05, 3.63) is 24.3 Å². The summed E-state index contributed by atoms with van der Waals surface area (Å²) in [6, 6.07) is 8.06. The SMILES string of the molecule is CC.COc1ccc(N2CCN=C2C)cc1. The molecule has 0 radical (unpaired) electrons. The van der Waals surface area contributed by atoms with Gasteiger partial charge in [0.25, 0.3) is 0 Å². The van der Waals surface area contributed by atoms with Crippen LogP contribution in [0.25, 0.3) is 0 Å². The van der Waals surface area contributed by atoms with Crippen LogP contribution in [0.15, 0.2) is 29.3 Å². The first-order chi connectivity index (χ1) is 7.81. The second-order valence-corrected chi connectivity index (χ2v) is 3.28. The molecule has 0 saturated heterocycles. The Kier molecular flexibility index (Phi) is 4.83. The van der Waals surface area contributed by atoms with Crippen LogP contribution in [-0.2, 0) is 0 Å². The fourth-order valence-electron chi connectivity index (χ4n) is 1.64. The van der Waals surface area contributed by atoms with Crippen LogP contribution in [0.4, 0.5) is 5.69 Å². The van der Waals surface area contributed by atoms with E-state index in [4.69, 9.17) is 4.74 Å². The van der Waals surface area contributed by atoms with Crippen LogP contribution in [0.1, 0.15) is 20.8 Å². The van der Waals surface area contributed by atoms with Crippen molar-refractivity contribution in [2.24, 2.45) is 4.99 Å². The molecule has 1 aliphatic rings. The molecule has 1 aromatic rings. The molecule has 0 saturated carbocycles. The molecule has 0 unspecified atom stereocenters. The number of hydrogen-bond acceptors (Lipinski definition) is 3. The summed E-state index contributed by atoms with van der Waals surface area (Å²) in [6.45, 7) is 7.92. The molecule has 1 aliphatic heterocycles. The molecule has 0 atom stereocenters. The number of methoxy groups -OCH3 is 1. The number of hydrogen-bond donors (Lipinski definition) is 0. The van der Waals surface area contributed by atoms with Gasteiger partial charge in [-0.2, -0.15) is 0 Å². The van der Waals surface area contributed by atoms with Gasteiger partial charge in [0.1, 0.15) is 11.6 Å². The van der Waals surface area contributed by atoms with Gasteiger partial charge in [0, 0.05) is 12.2 Å². The average Bonchev–Trinajstić information content (AvgIpc) is 2.78. The zero-order valence-corrected chi connectivity index (χ0v) is 10.5. The molecule has 0 spiro atoms. The van der Waals surface area contributed by atoms with Crippen molar-refractivity contribution in [3.8, 4) is 5.75 Å². The van der Waals surface area contributed by atoms with Crippen molar-refractivity contribution in [1.29, 1.82) is 0 Å². The van der Waals surface area contributed by atoms with E-state index in [9.17, 15) is 0 Å². The van der Waals surface area contributed by atoms with Gasteiger partial charge >= 0.3 is 0 Å². The van der Waals surface area contributed by atoms with Gasteiger partial charge in [-0.15, -0.1) is 0 Å². The Hall–Kier alpha value is -1.51. The molecule has 3 heteroatoms. The van der Waals surface area contributed by atoms with E-state index in [1.807, 2.05) is 32.9 Å². The molecular weight excluding hydrogens is 200 g/mol. The van der Waals surface area contributed by atoms with Crippen LogP contribution >= 0.6 is 0 Å². The maximum atomic E-state index is 5.11. The lowest BCUT2D eigenvalue weighted by Crippen LogP contribution is -2.24. The summed E-state index contributed by atoms with van der Waals surface area (Å²) >= 11 is 0. The summed E-state index contributed by atoms with van der Waals surface area (Å²) in [7, 11) is 1.68. The Balaban J connectivity index is 0.000000606. The minimum absolute atomic E-state index is 0.891. The molecule has 0 aliphatic carbocycles. The highest BCUT2D eigenvalue weighted by Crippen LogP contribution is 2.21. The fraction of sp³-hybridized carbons (Fsp3) is 0.462. The standard InChI is InChI=1S/C11H14N2O.C2H6/c1-9-12-7-8-13(9)10-3-5-11(14-2)6-4-10;1-2/h3-6H,7-8H2,1-2H3;1-2H3. The summed E-state index contributed by atoms with van der Waals surface area (Å²) in [4.78, 5) is 6.56. The van der Waals surface area contributed by atoms with Crippen molar-refractivity contribution >= 4 is 11.5 Å². The first-order valence-corrected chi connectivity index (χ1v) is 5.74. The molecule has 2 rings (SSSR count). The second kappa shape index (κ2) is 6.16. The summed E-state index contributed by atoms with van der Waals surface area (Å²) < 4.78 is 5.11. The van der Waals surface area contributed by atoms with E-state index < -0.39 is 0 Å². The average molecular weight is 220 g/mol. The van der Waals surface area contributed by atoms with Crippen LogP contribution in [0.5, 0.6) is 5.75 Å². The molecule has 16 heavy (non-hydrogen) atoms. The number of anilines is 1. The van der Waals surface area contributed by atoms with Crippen LogP contribution in [-0.4, -0.2) is 26.0 Å². The van der Waals surface area contributed by atoms with Gasteiger partial charge in [0.05, 0.1) is 13.7 Å². The van der Waals surface area contributed by atoms with Gasteiger partial charge in [0.15, 0.2) is 0 Å². The minimum atomic E-state index is 0.891. The number of aliphatic imine (C=N–C) groups is 1. The van der Waals surface area contributed by atoms with Crippen LogP contribution in [0, 0.1) is 0 Å². The van der Waals surface area contributed by atoms with E-state index in [0.717, 1.165) is 24.7 Å². The Morgan fingerprint density at radius 2 is 1.81 bits per heavy atom. The van der Waals surface area contributed by atoms with E-state index in [1.54, 1.807) is 7.11 Å². The van der Waals surface area contributed by atoms with Crippen molar-refractivity contribution in [1.82, 2.24) is 0 Å². The maximum Gasteiger partial charge on any atom is 0.119 e. The summed E-state index contributed by atoms with van der Waals surface area (Å²) in [6.07, 6.45) is 0. The highest BCUT2D eigenvalue weighted by Gasteiger charge is 2.13. The highest BCUT2D eigenvalue weighted by molar-refractivity contribution is 5.97. The summed E-state index contributed by atoms with van der Waals surface area (Å²) in [5.74, 6) is 1.98. The number of rotatable bonds is 2. The molecule has 1 heterocycles. The first kappa shape index (κ1) is 12.6. The van der Waals surface area contributed by atoms with Gasteiger partial charge in [0.2, 0.25) is 0 Å². The lowest BCUT2D eigenvalue weighted by molar-refractivity contribution is 0.415. The molecule has 0 bridgehead atoms. The van der Waals surface area contributed by atoms with Gasteiger partial charge < -0.3 is 9.64 Å².